The molecule has 0 unspecified atom stereocenters. The maximum absolute atomic E-state index is 4.53. The topological polar surface area (TPSA) is 16.1 Å². The second kappa shape index (κ2) is 3.99. The minimum atomic E-state index is 0.962. The van der Waals surface area contributed by atoms with E-state index in [1.807, 2.05) is 13.0 Å². The molecule has 0 radical (unpaired) electrons. The van der Waals surface area contributed by atoms with Gasteiger partial charge in [0.15, 0.2) is 0 Å². The molecule has 2 rings (SSSR count). The highest BCUT2D eigenvalue weighted by Gasteiger charge is 2.03. The van der Waals surface area contributed by atoms with Crippen LogP contribution in [0.15, 0.2) is 30.3 Å². The Hall–Kier alpha value is -1.41. The lowest BCUT2D eigenvalue weighted by molar-refractivity contribution is 0.404. The smallest absolute Gasteiger partial charge is 0.0708 e. The van der Waals surface area contributed by atoms with Crippen molar-refractivity contribution in [1.29, 1.82) is 0 Å². The van der Waals surface area contributed by atoms with Crippen molar-refractivity contribution in [2.45, 2.75) is 13.5 Å². The standard InChI is InChI=1S/C13H16N2/c1-10-8-11(9-15(2)3)12-6-4-5-7-13(12)14-10/h4-8H,9H2,1-3H3. The molecule has 15 heavy (non-hydrogen) atoms. The van der Waals surface area contributed by atoms with E-state index in [4.69, 9.17) is 0 Å². The lowest BCUT2D eigenvalue weighted by atomic mass is 10.1. The third kappa shape index (κ3) is 2.16. The van der Waals surface area contributed by atoms with Crippen LogP contribution in [0, 0.1) is 6.92 Å². The molecule has 0 N–H and O–H groups in total. The van der Waals surface area contributed by atoms with Gasteiger partial charge in [-0.15, -0.1) is 0 Å². The number of hydrogen-bond acceptors (Lipinski definition) is 2. The maximum Gasteiger partial charge on any atom is 0.0708 e. The van der Waals surface area contributed by atoms with Gasteiger partial charge in [0.2, 0.25) is 0 Å². The molecule has 0 saturated carbocycles. The van der Waals surface area contributed by atoms with Crippen LogP contribution >= 0.6 is 0 Å². The van der Waals surface area contributed by atoms with E-state index in [1.54, 1.807) is 0 Å². The van der Waals surface area contributed by atoms with Crippen LogP contribution in [0.25, 0.3) is 10.9 Å². The first kappa shape index (κ1) is 10.1. The number of benzene rings is 1. The van der Waals surface area contributed by atoms with E-state index in [-0.39, 0.29) is 0 Å². The molecule has 78 valence electrons. The quantitative estimate of drug-likeness (QED) is 0.740. The zero-order valence-electron chi connectivity index (χ0n) is 9.49. The molecule has 1 heterocycles. The third-order valence-electron chi connectivity index (χ3n) is 2.42. The van der Waals surface area contributed by atoms with Crippen molar-refractivity contribution in [2.24, 2.45) is 0 Å². The van der Waals surface area contributed by atoms with Crippen molar-refractivity contribution in [3.63, 3.8) is 0 Å². The van der Waals surface area contributed by atoms with E-state index < -0.39 is 0 Å². The van der Waals surface area contributed by atoms with Gasteiger partial charge in [0, 0.05) is 17.6 Å². The molecule has 0 fully saturated rings. The van der Waals surface area contributed by atoms with Crippen LogP contribution in [0.4, 0.5) is 0 Å². The molecule has 1 aromatic carbocycles. The fourth-order valence-electron chi connectivity index (χ4n) is 1.87. The highest BCUT2D eigenvalue weighted by atomic mass is 15.0. The summed E-state index contributed by atoms with van der Waals surface area (Å²) in [5, 5.41) is 1.26. The highest BCUT2D eigenvalue weighted by molar-refractivity contribution is 5.82. The number of nitrogens with zero attached hydrogens (tertiary/aromatic N) is 2. The minimum Gasteiger partial charge on any atom is -0.305 e. The van der Waals surface area contributed by atoms with Crippen molar-refractivity contribution in [3.8, 4) is 0 Å². The molecule has 2 nitrogen and oxygen atoms in total. The summed E-state index contributed by atoms with van der Waals surface area (Å²) in [6.07, 6.45) is 0. The monoisotopic (exact) mass is 200 g/mol. The van der Waals surface area contributed by atoms with Crippen molar-refractivity contribution < 1.29 is 0 Å². The van der Waals surface area contributed by atoms with E-state index in [2.05, 4.69) is 48.2 Å². The van der Waals surface area contributed by atoms with Gasteiger partial charge in [-0.3, -0.25) is 4.98 Å². The second-order valence-corrected chi connectivity index (χ2v) is 4.18. The van der Waals surface area contributed by atoms with Gasteiger partial charge >= 0.3 is 0 Å². The van der Waals surface area contributed by atoms with Gasteiger partial charge in [-0.2, -0.15) is 0 Å². The van der Waals surface area contributed by atoms with Crippen LogP contribution in [0.3, 0.4) is 0 Å². The lowest BCUT2D eigenvalue weighted by Gasteiger charge is -2.12. The number of hydrogen-bond donors (Lipinski definition) is 0. The summed E-state index contributed by atoms with van der Waals surface area (Å²) >= 11 is 0. The predicted octanol–water partition coefficient (Wildman–Crippen LogP) is 2.60. The second-order valence-electron chi connectivity index (χ2n) is 4.18. The summed E-state index contributed by atoms with van der Waals surface area (Å²) in [6.45, 7) is 3.01. The molecule has 0 atom stereocenters. The van der Waals surface area contributed by atoms with Gasteiger partial charge in [-0.1, -0.05) is 18.2 Å². The number of pyridine rings is 1. The first-order valence-corrected chi connectivity index (χ1v) is 5.17. The molecular weight excluding hydrogens is 184 g/mol. The average molecular weight is 200 g/mol. The summed E-state index contributed by atoms with van der Waals surface area (Å²) in [4.78, 5) is 6.71. The van der Waals surface area contributed by atoms with Crippen LogP contribution in [-0.4, -0.2) is 24.0 Å². The first-order chi connectivity index (χ1) is 7.16. The molecular formula is C13H16N2. The summed E-state index contributed by atoms with van der Waals surface area (Å²) in [5.74, 6) is 0. The zero-order chi connectivity index (χ0) is 10.8. The molecule has 2 heteroatoms. The molecule has 0 aliphatic heterocycles. The number of para-hydroxylation sites is 1. The van der Waals surface area contributed by atoms with Gasteiger partial charge in [-0.05, 0) is 38.7 Å². The summed E-state index contributed by atoms with van der Waals surface area (Å²) in [5.41, 5.74) is 3.53. The molecule has 0 spiro atoms. The van der Waals surface area contributed by atoms with Gasteiger partial charge in [0.1, 0.15) is 0 Å². The fraction of sp³-hybridized carbons (Fsp3) is 0.308. The van der Waals surface area contributed by atoms with Crippen LogP contribution < -0.4 is 0 Å². The van der Waals surface area contributed by atoms with Crippen molar-refractivity contribution >= 4 is 10.9 Å². The van der Waals surface area contributed by atoms with Crippen LogP contribution in [-0.2, 0) is 6.54 Å². The predicted molar refractivity (Wildman–Crippen MR) is 63.9 cm³/mol. The molecule has 0 amide bonds. The third-order valence-corrected chi connectivity index (χ3v) is 2.42. The normalized spacial score (nSPS) is 11.2. The fourth-order valence-corrected chi connectivity index (χ4v) is 1.87. The number of rotatable bonds is 2. The summed E-state index contributed by atoms with van der Waals surface area (Å²) in [6, 6.07) is 10.5. The van der Waals surface area contributed by atoms with E-state index in [1.165, 1.54) is 10.9 Å². The molecule has 2 aromatic rings. The number of aryl methyl sites for hydroxylation is 1. The van der Waals surface area contributed by atoms with Gasteiger partial charge < -0.3 is 4.90 Å². The van der Waals surface area contributed by atoms with Gasteiger partial charge in [-0.25, -0.2) is 0 Å². The molecule has 0 aliphatic rings. The Bertz CT molecular complexity index is 475. The largest absolute Gasteiger partial charge is 0.305 e. The number of aromatic nitrogens is 1. The average Bonchev–Trinajstić information content (AvgIpc) is 2.16. The minimum absolute atomic E-state index is 0.962. The Morgan fingerprint density at radius 2 is 1.93 bits per heavy atom. The van der Waals surface area contributed by atoms with E-state index in [9.17, 15) is 0 Å². The van der Waals surface area contributed by atoms with Crippen molar-refractivity contribution in [1.82, 2.24) is 9.88 Å². The Morgan fingerprint density at radius 3 is 2.67 bits per heavy atom. The molecule has 1 aromatic heterocycles. The molecule has 0 bridgehead atoms. The Balaban J connectivity index is 2.60. The van der Waals surface area contributed by atoms with Crippen LogP contribution in [0.2, 0.25) is 0 Å². The zero-order valence-corrected chi connectivity index (χ0v) is 9.49. The molecule has 0 aliphatic carbocycles. The number of fused-ring (bicyclic) bond motifs is 1. The Morgan fingerprint density at radius 1 is 1.20 bits per heavy atom. The van der Waals surface area contributed by atoms with E-state index >= 15 is 0 Å². The Kier molecular flexibility index (Phi) is 2.69. The maximum atomic E-state index is 4.53. The lowest BCUT2D eigenvalue weighted by Crippen LogP contribution is -2.11. The SMILES string of the molecule is Cc1cc(CN(C)C)c2ccccc2n1. The molecule has 0 saturated heterocycles. The van der Waals surface area contributed by atoms with Gasteiger partial charge in [0.05, 0.1) is 5.52 Å². The summed E-state index contributed by atoms with van der Waals surface area (Å²) < 4.78 is 0. The van der Waals surface area contributed by atoms with E-state index in [0.717, 1.165) is 17.8 Å². The van der Waals surface area contributed by atoms with Gasteiger partial charge in [0.25, 0.3) is 0 Å². The highest BCUT2D eigenvalue weighted by Crippen LogP contribution is 2.18. The Labute approximate surface area is 90.6 Å². The van der Waals surface area contributed by atoms with Crippen molar-refractivity contribution in [3.05, 3.63) is 41.6 Å². The summed E-state index contributed by atoms with van der Waals surface area (Å²) in [7, 11) is 4.18. The first-order valence-electron chi connectivity index (χ1n) is 5.17. The van der Waals surface area contributed by atoms with Crippen LogP contribution in [0.1, 0.15) is 11.3 Å². The van der Waals surface area contributed by atoms with Crippen LogP contribution in [0.5, 0.6) is 0 Å². The van der Waals surface area contributed by atoms with Crippen molar-refractivity contribution in [2.75, 3.05) is 14.1 Å². The van der Waals surface area contributed by atoms with E-state index in [0.29, 0.717) is 0 Å².